The Morgan fingerprint density at radius 1 is 1.50 bits per heavy atom. The predicted octanol–water partition coefficient (Wildman–Crippen LogP) is 1.53. The quantitative estimate of drug-likeness (QED) is 0.492. The zero-order chi connectivity index (χ0) is 9.61. The van der Waals surface area contributed by atoms with E-state index < -0.39 is 16.6 Å². The average Bonchev–Trinajstić information content (AvgIpc) is 2.13. The van der Waals surface area contributed by atoms with Crippen LogP contribution in [0.15, 0.2) is 12.3 Å². The van der Waals surface area contributed by atoms with Gasteiger partial charge in [-0.05, 0) is 0 Å². The molecule has 1 atom stereocenters. The summed E-state index contributed by atoms with van der Waals surface area (Å²) in [6.07, 6.45) is 0.419. The smallest absolute Gasteiger partial charge is 0.290 e. The first-order chi connectivity index (χ1) is 5.58. The first-order valence-electron chi connectivity index (χ1n) is 3.56. The second-order valence-corrected chi connectivity index (χ2v) is 6.96. The van der Waals surface area contributed by atoms with Crippen LogP contribution in [0.3, 0.4) is 0 Å². The Morgan fingerprint density at radius 2 is 2.00 bits per heavy atom. The molecule has 0 aliphatic carbocycles. The highest BCUT2D eigenvalue weighted by atomic mass is 31.2. The second-order valence-electron chi connectivity index (χ2n) is 2.32. The van der Waals surface area contributed by atoms with Crippen molar-refractivity contribution in [3.05, 3.63) is 12.3 Å². The molecule has 0 aromatic heterocycles. The van der Waals surface area contributed by atoms with E-state index in [9.17, 15) is 4.57 Å². The van der Waals surface area contributed by atoms with Gasteiger partial charge in [0.25, 0.3) is 0 Å². The van der Waals surface area contributed by atoms with Gasteiger partial charge in [-0.3, -0.25) is 13.6 Å². The van der Waals surface area contributed by atoms with Gasteiger partial charge in [-0.1, -0.05) is 6.55 Å². The number of phosphoric ester groups is 1. The maximum Gasteiger partial charge on any atom is 0.473 e. The molecule has 0 saturated heterocycles. The van der Waals surface area contributed by atoms with Crippen LogP contribution >= 0.6 is 7.82 Å². The molecule has 0 aliphatic heterocycles. The molecule has 0 radical (unpaired) electrons. The lowest BCUT2D eigenvalue weighted by molar-refractivity contribution is 0.170. The van der Waals surface area contributed by atoms with Gasteiger partial charge in [0, 0.05) is 14.2 Å². The maximum absolute atomic E-state index is 11.3. The number of phosphoric acid groups is 1. The summed E-state index contributed by atoms with van der Waals surface area (Å²) in [6, 6.07) is 0. The SMILES string of the molecule is C=C[SiH](C)COP(=O)(OC)OC. The number of hydrogen-bond acceptors (Lipinski definition) is 4. The van der Waals surface area contributed by atoms with Crippen molar-refractivity contribution in [1.29, 1.82) is 0 Å². The minimum Gasteiger partial charge on any atom is -0.290 e. The van der Waals surface area contributed by atoms with Crippen molar-refractivity contribution in [3.63, 3.8) is 0 Å². The molecule has 0 bridgehead atoms. The second kappa shape index (κ2) is 5.67. The van der Waals surface area contributed by atoms with Gasteiger partial charge in [-0.15, -0.1) is 12.3 Å². The minimum atomic E-state index is -3.26. The highest BCUT2D eigenvalue weighted by Gasteiger charge is 2.22. The zero-order valence-electron chi connectivity index (χ0n) is 7.65. The molecular formula is C6H15O4PSi. The first kappa shape index (κ1) is 12.1. The van der Waals surface area contributed by atoms with Crippen LogP contribution in [0.4, 0.5) is 0 Å². The van der Waals surface area contributed by atoms with Gasteiger partial charge in [0.15, 0.2) is 0 Å². The van der Waals surface area contributed by atoms with Gasteiger partial charge in [0.05, 0.1) is 15.0 Å². The Morgan fingerprint density at radius 3 is 2.33 bits per heavy atom. The molecule has 0 aromatic rings. The molecule has 0 aromatic carbocycles. The van der Waals surface area contributed by atoms with Crippen LogP contribution in [0.25, 0.3) is 0 Å². The summed E-state index contributed by atoms with van der Waals surface area (Å²) in [6.45, 7) is 5.65. The lowest BCUT2D eigenvalue weighted by Crippen LogP contribution is -2.13. The van der Waals surface area contributed by atoms with E-state index in [0.717, 1.165) is 0 Å². The van der Waals surface area contributed by atoms with E-state index in [1.807, 2.05) is 12.2 Å². The van der Waals surface area contributed by atoms with Crippen LogP contribution in [-0.2, 0) is 18.1 Å². The van der Waals surface area contributed by atoms with Gasteiger partial charge in [0.2, 0.25) is 0 Å². The number of rotatable bonds is 6. The Balaban J connectivity index is 3.89. The average molecular weight is 210 g/mol. The van der Waals surface area contributed by atoms with Crippen molar-refractivity contribution in [2.75, 3.05) is 20.4 Å². The Kier molecular flexibility index (Phi) is 5.70. The molecule has 0 rings (SSSR count). The van der Waals surface area contributed by atoms with E-state index in [0.29, 0.717) is 6.23 Å². The van der Waals surface area contributed by atoms with Crippen molar-refractivity contribution in [2.45, 2.75) is 6.55 Å². The molecule has 72 valence electrons. The van der Waals surface area contributed by atoms with Crippen molar-refractivity contribution in [2.24, 2.45) is 0 Å². The normalized spacial score (nSPS) is 14.2. The monoisotopic (exact) mass is 210 g/mol. The van der Waals surface area contributed by atoms with E-state index in [1.165, 1.54) is 14.2 Å². The summed E-state index contributed by atoms with van der Waals surface area (Å²) in [4.78, 5) is 0. The Labute approximate surface area is 74.7 Å². The van der Waals surface area contributed by atoms with Crippen LogP contribution < -0.4 is 0 Å². The lowest BCUT2D eigenvalue weighted by atomic mass is 11.3. The fourth-order valence-corrected chi connectivity index (χ4v) is 2.62. The highest BCUT2D eigenvalue weighted by molar-refractivity contribution is 7.48. The van der Waals surface area contributed by atoms with E-state index >= 15 is 0 Å². The van der Waals surface area contributed by atoms with Crippen molar-refractivity contribution < 1.29 is 18.1 Å². The first-order valence-corrected chi connectivity index (χ1v) is 7.66. The summed E-state index contributed by atoms with van der Waals surface area (Å²) < 4.78 is 25.4. The Bertz CT molecular complexity index is 176. The van der Waals surface area contributed by atoms with Crippen molar-refractivity contribution >= 4 is 16.6 Å². The molecule has 0 aliphatic rings. The molecule has 1 unspecified atom stereocenters. The largest absolute Gasteiger partial charge is 0.473 e. The van der Waals surface area contributed by atoms with Crippen LogP contribution in [0.5, 0.6) is 0 Å². The lowest BCUT2D eigenvalue weighted by Gasteiger charge is -2.14. The van der Waals surface area contributed by atoms with E-state index in [-0.39, 0.29) is 0 Å². The molecule has 0 fully saturated rings. The standard InChI is InChI=1S/C6H15O4PSi/c1-5-12(4)6-10-11(7,8-2)9-3/h5,12H,1,6H2,2-4H3. The zero-order valence-corrected chi connectivity index (χ0v) is 9.70. The molecule has 6 heteroatoms. The fourth-order valence-electron chi connectivity index (χ4n) is 0.457. The van der Waals surface area contributed by atoms with Gasteiger partial charge in [0.1, 0.15) is 0 Å². The molecule has 0 spiro atoms. The van der Waals surface area contributed by atoms with E-state index in [4.69, 9.17) is 4.52 Å². The third-order valence-corrected chi connectivity index (χ3v) is 4.48. The molecule has 0 saturated carbocycles. The molecule has 12 heavy (non-hydrogen) atoms. The van der Waals surface area contributed by atoms with E-state index in [2.05, 4.69) is 15.6 Å². The van der Waals surface area contributed by atoms with E-state index in [1.54, 1.807) is 0 Å². The molecular weight excluding hydrogens is 195 g/mol. The topological polar surface area (TPSA) is 44.8 Å². The predicted molar refractivity (Wildman–Crippen MR) is 50.8 cm³/mol. The number of hydrogen-bond donors (Lipinski definition) is 0. The van der Waals surface area contributed by atoms with Gasteiger partial charge < -0.3 is 0 Å². The van der Waals surface area contributed by atoms with Crippen LogP contribution in [0.2, 0.25) is 6.55 Å². The molecule has 0 N–H and O–H groups in total. The molecule has 0 amide bonds. The van der Waals surface area contributed by atoms with Crippen LogP contribution in [-0.4, -0.2) is 29.2 Å². The highest BCUT2D eigenvalue weighted by Crippen LogP contribution is 2.47. The molecule has 4 nitrogen and oxygen atoms in total. The summed E-state index contributed by atoms with van der Waals surface area (Å²) in [7, 11) is -1.77. The van der Waals surface area contributed by atoms with Crippen molar-refractivity contribution in [1.82, 2.24) is 0 Å². The summed E-state index contributed by atoms with van der Waals surface area (Å²) in [5.74, 6) is 0. The third kappa shape index (κ3) is 4.18. The Hall–Kier alpha value is 0.0669. The third-order valence-electron chi connectivity index (χ3n) is 1.35. The molecule has 0 heterocycles. The maximum atomic E-state index is 11.3. The van der Waals surface area contributed by atoms with Crippen LogP contribution in [0.1, 0.15) is 0 Å². The minimum absolute atomic E-state index is 0.419. The fraction of sp³-hybridized carbons (Fsp3) is 0.667. The summed E-state index contributed by atoms with van der Waals surface area (Å²) >= 11 is 0. The van der Waals surface area contributed by atoms with Gasteiger partial charge in [-0.2, -0.15) is 0 Å². The summed E-state index contributed by atoms with van der Waals surface area (Å²) in [5.41, 5.74) is 1.84. The van der Waals surface area contributed by atoms with Crippen molar-refractivity contribution in [3.8, 4) is 0 Å². The summed E-state index contributed by atoms with van der Waals surface area (Å²) in [5, 5.41) is 0. The van der Waals surface area contributed by atoms with Gasteiger partial charge >= 0.3 is 7.82 Å². The van der Waals surface area contributed by atoms with Crippen LogP contribution in [0, 0.1) is 0 Å². The van der Waals surface area contributed by atoms with Gasteiger partial charge in [-0.25, -0.2) is 4.57 Å².